The van der Waals surface area contributed by atoms with E-state index in [2.05, 4.69) is 10.3 Å². The third kappa shape index (κ3) is 2.45. The number of pyridine rings is 1. The van der Waals surface area contributed by atoms with E-state index in [4.69, 9.17) is 24.5 Å². The Balaban J connectivity index is 1.76. The third-order valence-electron chi connectivity index (χ3n) is 4.82. The van der Waals surface area contributed by atoms with Gasteiger partial charge in [-0.1, -0.05) is 0 Å². The zero-order valence-corrected chi connectivity index (χ0v) is 15.7. The molecule has 5 rings (SSSR count). The summed E-state index contributed by atoms with van der Waals surface area (Å²) in [6.45, 7) is 1.94. The number of aromatic nitrogens is 5. The number of nitrogens with one attached hydrogen (secondary N) is 1. The zero-order chi connectivity index (χ0) is 19.3. The number of hydrogen-bond acceptors (Lipinski definition) is 7. The Morgan fingerprint density at radius 2 is 2.04 bits per heavy atom. The lowest BCUT2D eigenvalue weighted by atomic mass is 10.0. The fourth-order valence-corrected chi connectivity index (χ4v) is 3.61. The van der Waals surface area contributed by atoms with Gasteiger partial charge in [0.15, 0.2) is 23.1 Å². The van der Waals surface area contributed by atoms with E-state index in [0.717, 1.165) is 33.8 Å². The molecule has 28 heavy (non-hydrogen) atoms. The first-order valence-electron chi connectivity index (χ1n) is 8.86. The van der Waals surface area contributed by atoms with Gasteiger partial charge in [-0.3, -0.25) is 4.98 Å². The van der Waals surface area contributed by atoms with Crippen LogP contribution in [0.2, 0.25) is 0 Å². The van der Waals surface area contributed by atoms with Crippen LogP contribution in [0.1, 0.15) is 17.1 Å². The maximum atomic E-state index is 5.59. The SMILES string of the molecule is COc1cc2cc(c1OC)Cc1nc(C)n3nc(-c4cccnc4)nc(c13)N2. The summed E-state index contributed by atoms with van der Waals surface area (Å²) < 4.78 is 12.9. The van der Waals surface area contributed by atoms with Gasteiger partial charge in [-0.05, 0) is 25.1 Å². The number of aryl methyl sites for hydroxylation is 1. The van der Waals surface area contributed by atoms with E-state index in [1.165, 1.54) is 0 Å². The second-order valence-electron chi connectivity index (χ2n) is 6.56. The van der Waals surface area contributed by atoms with Crippen LogP contribution in [0.4, 0.5) is 11.5 Å². The first-order valence-corrected chi connectivity index (χ1v) is 8.86. The molecule has 3 aromatic heterocycles. The average Bonchev–Trinajstić information content (AvgIpc) is 3.03. The molecule has 0 saturated heterocycles. The van der Waals surface area contributed by atoms with Crippen LogP contribution < -0.4 is 14.8 Å². The van der Waals surface area contributed by atoms with Crippen molar-refractivity contribution in [3.05, 3.63) is 53.7 Å². The van der Waals surface area contributed by atoms with Gasteiger partial charge >= 0.3 is 0 Å². The molecule has 140 valence electrons. The van der Waals surface area contributed by atoms with E-state index < -0.39 is 0 Å². The summed E-state index contributed by atoms with van der Waals surface area (Å²) in [4.78, 5) is 13.7. The lowest BCUT2D eigenvalue weighted by Gasteiger charge is -2.18. The molecular weight excluding hydrogens is 356 g/mol. The van der Waals surface area contributed by atoms with E-state index in [1.54, 1.807) is 26.6 Å². The van der Waals surface area contributed by atoms with E-state index in [-0.39, 0.29) is 0 Å². The Bertz CT molecular complexity index is 1200. The second-order valence-corrected chi connectivity index (χ2v) is 6.56. The number of fused-ring (bicyclic) bond motifs is 2. The van der Waals surface area contributed by atoms with Gasteiger partial charge in [0, 0.05) is 41.7 Å². The average molecular weight is 374 g/mol. The van der Waals surface area contributed by atoms with Crippen LogP contribution in [0.5, 0.6) is 11.5 Å². The summed E-state index contributed by atoms with van der Waals surface area (Å²) in [5.74, 6) is 3.45. The van der Waals surface area contributed by atoms with E-state index >= 15 is 0 Å². The minimum atomic E-state index is 0.580. The van der Waals surface area contributed by atoms with Crippen molar-refractivity contribution in [2.75, 3.05) is 19.5 Å². The molecule has 8 heteroatoms. The number of methoxy groups -OCH3 is 2. The lowest BCUT2D eigenvalue weighted by molar-refractivity contribution is 0.352. The van der Waals surface area contributed by atoms with Crippen molar-refractivity contribution in [3.8, 4) is 22.9 Å². The number of ether oxygens (including phenoxy) is 2. The zero-order valence-electron chi connectivity index (χ0n) is 15.7. The molecule has 1 N–H and O–H groups in total. The first-order chi connectivity index (χ1) is 13.7. The Labute approximate surface area is 161 Å². The number of anilines is 2. The standard InChI is InChI=1S/C20H18N6O2/c1-11-22-15-8-13-7-14(9-16(27-2)18(13)28-3)23-20-17(15)26(11)25-19(24-20)12-5-4-6-21-10-12/h4-7,9-10H,8H2,1-3H3,(H,23,24,25). The lowest BCUT2D eigenvalue weighted by Crippen LogP contribution is -2.08. The molecule has 0 atom stereocenters. The van der Waals surface area contributed by atoms with Crippen LogP contribution in [0.3, 0.4) is 0 Å². The van der Waals surface area contributed by atoms with Crippen LogP contribution in [0.25, 0.3) is 16.9 Å². The van der Waals surface area contributed by atoms with Crippen LogP contribution in [0.15, 0.2) is 36.7 Å². The summed E-state index contributed by atoms with van der Waals surface area (Å²) in [5, 5.41) is 8.11. The van der Waals surface area contributed by atoms with Crippen LogP contribution in [-0.4, -0.2) is 38.8 Å². The van der Waals surface area contributed by atoms with Crippen LogP contribution in [0, 0.1) is 6.92 Å². The van der Waals surface area contributed by atoms with Crippen LogP contribution in [-0.2, 0) is 6.42 Å². The molecule has 2 bridgehead atoms. The smallest absolute Gasteiger partial charge is 0.183 e. The molecule has 0 fully saturated rings. The van der Waals surface area contributed by atoms with Crippen molar-refractivity contribution in [2.45, 2.75) is 13.3 Å². The van der Waals surface area contributed by atoms with Gasteiger partial charge < -0.3 is 14.8 Å². The summed E-state index contributed by atoms with van der Waals surface area (Å²) in [7, 11) is 3.28. The second kappa shape index (κ2) is 6.19. The summed E-state index contributed by atoms with van der Waals surface area (Å²) >= 11 is 0. The summed E-state index contributed by atoms with van der Waals surface area (Å²) in [6, 6.07) is 7.74. The molecule has 0 spiro atoms. The third-order valence-corrected chi connectivity index (χ3v) is 4.82. The van der Waals surface area contributed by atoms with E-state index in [9.17, 15) is 0 Å². The molecule has 0 saturated carbocycles. The van der Waals surface area contributed by atoms with E-state index in [1.807, 2.05) is 35.7 Å². The minimum Gasteiger partial charge on any atom is -0.493 e. The highest BCUT2D eigenvalue weighted by Crippen LogP contribution is 2.39. The van der Waals surface area contributed by atoms with Crippen molar-refractivity contribution in [2.24, 2.45) is 0 Å². The van der Waals surface area contributed by atoms with Gasteiger partial charge in [0.2, 0.25) is 0 Å². The van der Waals surface area contributed by atoms with Gasteiger partial charge in [0.25, 0.3) is 0 Å². The summed E-state index contributed by atoms with van der Waals surface area (Å²) in [6.07, 6.45) is 4.07. The number of rotatable bonds is 3. The van der Waals surface area contributed by atoms with Crippen molar-refractivity contribution in [1.82, 2.24) is 24.6 Å². The van der Waals surface area contributed by atoms with Crippen LogP contribution >= 0.6 is 0 Å². The largest absolute Gasteiger partial charge is 0.493 e. The number of imidazole rings is 1. The highest BCUT2D eigenvalue weighted by atomic mass is 16.5. The molecule has 8 nitrogen and oxygen atoms in total. The van der Waals surface area contributed by atoms with Gasteiger partial charge in [-0.25, -0.2) is 14.5 Å². The van der Waals surface area contributed by atoms with Crippen molar-refractivity contribution in [1.29, 1.82) is 0 Å². The van der Waals surface area contributed by atoms with Crippen molar-refractivity contribution in [3.63, 3.8) is 0 Å². The predicted molar refractivity (Wildman–Crippen MR) is 104 cm³/mol. The van der Waals surface area contributed by atoms with Crippen molar-refractivity contribution < 1.29 is 9.47 Å². The fourth-order valence-electron chi connectivity index (χ4n) is 3.61. The molecule has 4 aromatic rings. The minimum absolute atomic E-state index is 0.580. The monoisotopic (exact) mass is 374 g/mol. The van der Waals surface area contributed by atoms with Crippen molar-refractivity contribution >= 4 is 17.0 Å². The maximum Gasteiger partial charge on any atom is 0.183 e. The van der Waals surface area contributed by atoms with Gasteiger partial charge in [-0.15, -0.1) is 5.10 Å². The molecule has 0 aliphatic carbocycles. The topological polar surface area (TPSA) is 86.5 Å². The number of benzene rings is 1. The maximum absolute atomic E-state index is 5.59. The van der Waals surface area contributed by atoms with Gasteiger partial charge in [-0.2, -0.15) is 0 Å². The normalized spacial score (nSPS) is 12.2. The molecule has 0 amide bonds. The fraction of sp³-hybridized carbons (Fsp3) is 0.200. The molecule has 1 aliphatic heterocycles. The summed E-state index contributed by atoms with van der Waals surface area (Å²) in [5.41, 5.74) is 4.45. The predicted octanol–water partition coefficient (Wildman–Crippen LogP) is 3.16. The Morgan fingerprint density at radius 3 is 2.79 bits per heavy atom. The molecule has 1 aromatic carbocycles. The van der Waals surface area contributed by atoms with Gasteiger partial charge in [0.05, 0.1) is 19.9 Å². The Morgan fingerprint density at radius 1 is 1.14 bits per heavy atom. The van der Waals surface area contributed by atoms with E-state index in [0.29, 0.717) is 29.6 Å². The number of nitrogens with zero attached hydrogens (tertiary/aromatic N) is 5. The quantitative estimate of drug-likeness (QED) is 0.519. The molecular formula is C20H18N6O2. The first kappa shape index (κ1) is 16.5. The highest BCUT2D eigenvalue weighted by Gasteiger charge is 2.23. The molecule has 0 unspecified atom stereocenters. The molecule has 0 radical (unpaired) electrons. The Hall–Kier alpha value is -3.68. The Kier molecular flexibility index (Phi) is 3.65. The number of hydrogen-bond donors (Lipinski definition) is 1. The van der Waals surface area contributed by atoms with Gasteiger partial charge in [0.1, 0.15) is 11.3 Å². The molecule has 4 heterocycles. The molecule has 1 aliphatic rings. The highest BCUT2D eigenvalue weighted by molar-refractivity contribution is 5.80.